The second-order valence-electron chi connectivity index (χ2n) is 5.36. The molecule has 4 heteroatoms. The second-order valence-corrected chi connectivity index (χ2v) is 5.36. The van der Waals surface area contributed by atoms with Crippen LogP contribution in [0.4, 0.5) is 0 Å². The Morgan fingerprint density at radius 3 is 2.50 bits per heavy atom. The number of fused-ring (bicyclic) bond motifs is 2. The Bertz CT molecular complexity index is 256. The molecule has 4 nitrogen and oxygen atoms in total. The summed E-state index contributed by atoms with van der Waals surface area (Å²) in [7, 11) is 0. The number of carbonyl (C=O) groups excluding carboxylic acids is 1. The smallest absolute Gasteiger partial charge is 0.223 e. The van der Waals surface area contributed by atoms with Crippen LogP contribution in [0.2, 0.25) is 0 Å². The van der Waals surface area contributed by atoms with Gasteiger partial charge in [0.05, 0.1) is 6.10 Å². The molecule has 0 aromatic carbocycles. The Morgan fingerprint density at radius 1 is 1.44 bits per heavy atom. The summed E-state index contributed by atoms with van der Waals surface area (Å²) in [6.45, 7) is 2.58. The number of carbonyl (C=O) groups is 1. The van der Waals surface area contributed by atoms with Crippen molar-refractivity contribution in [2.75, 3.05) is 6.54 Å². The maximum Gasteiger partial charge on any atom is 0.223 e. The van der Waals surface area contributed by atoms with E-state index in [-0.39, 0.29) is 30.0 Å². The molecule has 2 aliphatic heterocycles. The first-order chi connectivity index (χ1) is 7.61. The van der Waals surface area contributed by atoms with Crippen LogP contribution in [0.15, 0.2) is 0 Å². The molecule has 3 atom stereocenters. The van der Waals surface area contributed by atoms with Gasteiger partial charge in [-0.05, 0) is 38.1 Å². The third-order valence-corrected chi connectivity index (χ3v) is 3.92. The fourth-order valence-electron chi connectivity index (χ4n) is 3.04. The molecule has 3 unspecified atom stereocenters. The van der Waals surface area contributed by atoms with Crippen LogP contribution in [-0.2, 0) is 4.79 Å². The number of aliphatic hydroxyl groups is 1. The number of hydrogen-bond acceptors (Lipinski definition) is 3. The van der Waals surface area contributed by atoms with Gasteiger partial charge < -0.3 is 15.7 Å². The zero-order chi connectivity index (χ0) is 11.7. The van der Waals surface area contributed by atoms with Gasteiger partial charge in [0.15, 0.2) is 0 Å². The van der Waals surface area contributed by atoms with Crippen molar-refractivity contribution in [2.45, 2.75) is 57.2 Å². The zero-order valence-corrected chi connectivity index (χ0v) is 9.93. The highest BCUT2D eigenvalue weighted by Crippen LogP contribution is 2.36. The first kappa shape index (κ1) is 11.9. The van der Waals surface area contributed by atoms with Crippen molar-refractivity contribution >= 4 is 5.91 Å². The van der Waals surface area contributed by atoms with Gasteiger partial charge in [0, 0.05) is 18.5 Å². The maximum atomic E-state index is 12.1. The lowest BCUT2D eigenvalue weighted by atomic mass is 9.98. The van der Waals surface area contributed by atoms with Crippen LogP contribution >= 0.6 is 0 Å². The third kappa shape index (κ3) is 2.23. The Balaban J connectivity index is 1.97. The molecule has 2 fully saturated rings. The quantitative estimate of drug-likeness (QED) is 0.736. The van der Waals surface area contributed by atoms with Gasteiger partial charge in [-0.15, -0.1) is 0 Å². The first-order valence-corrected chi connectivity index (χ1v) is 6.31. The number of amides is 1. The molecule has 0 radical (unpaired) electrons. The Labute approximate surface area is 96.8 Å². The lowest BCUT2D eigenvalue weighted by Crippen LogP contribution is -2.48. The van der Waals surface area contributed by atoms with E-state index in [0.717, 1.165) is 25.7 Å². The van der Waals surface area contributed by atoms with Crippen molar-refractivity contribution in [3.8, 4) is 0 Å². The highest BCUT2D eigenvalue weighted by molar-refractivity contribution is 5.77. The summed E-state index contributed by atoms with van der Waals surface area (Å²) in [4.78, 5) is 14.2. The fourth-order valence-corrected chi connectivity index (χ4v) is 3.04. The third-order valence-electron chi connectivity index (χ3n) is 3.92. The molecule has 2 rings (SSSR count). The van der Waals surface area contributed by atoms with E-state index in [2.05, 4.69) is 0 Å². The minimum absolute atomic E-state index is 0.200. The molecular formula is C12H22N2O2. The molecule has 2 bridgehead atoms. The van der Waals surface area contributed by atoms with Gasteiger partial charge in [-0.25, -0.2) is 0 Å². The number of hydrogen-bond donors (Lipinski definition) is 2. The fraction of sp³-hybridized carbons (Fsp3) is 0.917. The van der Waals surface area contributed by atoms with Gasteiger partial charge in [0.25, 0.3) is 0 Å². The van der Waals surface area contributed by atoms with Crippen molar-refractivity contribution in [1.82, 2.24) is 4.90 Å². The standard InChI is InChI=1S/C12H22N2O2/c1-8(7-13)4-12(16)14-9-2-3-10(14)6-11(15)5-9/h8-11,15H,2-7,13H2,1H3. The predicted molar refractivity (Wildman–Crippen MR) is 61.7 cm³/mol. The van der Waals surface area contributed by atoms with E-state index >= 15 is 0 Å². The van der Waals surface area contributed by atoms with Crippen LogP contribution in [0.25, 0.3) is 0 Å². The summed E-state index contributed by atoms with van der Waals surface area (Å²) >= 11 is 0. The SMILES string of the molecule is CC(CN)CC(=O)N1C2CCC1CC(O)C2. The van der Waals surface area contributed by atoms with Crippen LogP contribution < -0.4 is 5.73 Å². The highest BCUT2D eigenvalue weighted by Gasteiger charge is 2.42. The van der Waals surface area contributed by atoms with Crippen LogP contribution in [0, 0.1) is 5.92 Å². The van der Waals surface area contributed by atoms with Gasteiger partial charge in [-0.2, -0.15) is 0 Å². The normalized spacial score (nSPS) is 35.2. The van der Waals surface area contributed by atoms with Crippen molar-refractivity contribution < 1.29 is 9.90 Å². The zero-order valence-electron chi connectivity index (χ0n) is 9.93. The highest BCUT2D eigenvalue weighted by atomic mass is 16.3. The molecule has 16 heavy (non-hydrogen) atoms. The average molecular weight is 226 g/mol. The van der Waals surface area contributed by atoms with Crippen LogP contribution in [0.1, 0.15) is 39.0 Å². The van der Waals surface area contributed by atoms with Crippen LogP contribution in [0.5, 0.6) is 0 Å². The van der Waals surface area contributed by atoms with E-state index in [1.165, 1.54) is 0 Å². The van der Waals surface area contributed by atoms with E-state index in [1.807, 2.05) is 11.8 Å². The minimum atomic E-state index is -0.200. The van der Waals surface area contributed by atoms with E-state index < -0.39 is 0 Å². The van der Waals surface area contributed by atoms with E-state index in [4.69, 9.17) is 5.73 Å². The molecule has 0 spiro atoms. The monoisotopic (exact) mass is 226 g/mol. The van der Waals surface area contributed by atoms with Crippen molar-refractivity contribution in [1.29, 1.82) is 0 Å². The molecule has 2 heterocycles. The summed E-state index contributed by atoms with van der Waals surface area (Å²) < 4.78 is 0. The average Bonchev–Trinajstić information content (AvgIpc) is 2.51. The number of rotatable bonds is 3. The summed E-state index contributed by atoms with van der Waals surface area (Å²) in [5.41, 5.74) is 5.55. The lowest BCUT2D eigenvalue weighted by Gasteiger charge is -2.37. The molecule has 0 saturated carbocycles. The Kier molecular flexibility index (Phi) is 3.50. The van der Waals surface area contributed by atoms with Gasteiger partial charge in [-0.1, -0.05) is 6.92 Å². The van der Waals surface area contributed by atoms with Crippen LogP contribution in [0.3, 0.4) is 0 Å². The number of nitrogens with two attached hydrogens (primary N) is 1. The summed E-state index contributed by atoms with van der Waals surface area (Å²) in [6.07, 6.45) is 4.00. The largest absolute Gasteiger partial charge is 0.393 e. The first-order valence-electron chi connectivity index (χ1n) is 6.31. The second kappa shape index (κ2) is 4.72. The van der Waals surface area contributed by atoms with Crippen LogP contribution in [-0.4, -0.2) is 40.6 Å². The Hall–Kier alpha value is -0.610. The number of aliphatic hydroxyl groups excluding tert-OH is 1. The molecular weight excluding hydrogens is 204 g/mol. The minimum Gasteiger partial charge on any atom is -0.393 e. The molecule has 2 aliphatic rings. The molecule has 0 aromatic heterocycles. The van der Waals surface area contributed by atoms with Crippen molar-refractivity contribution in [2.24, 2.45) is 11.7 Å². The van der Waals surface area contributed by atoms with E-state index in [9.17, 15) is 9.90 Å². The maximum absolute atomic E-state index is 12.1. The molecule has 2 saturated heterocycles. The van der Waals surface area contributed by atoms with E-state index in [0.29, 0.717) is 13.0 Å². The van der Waals surface area contributed by atoms with Crippen molar-refractivity contribution in [3.63, 3.8) is 0 Å². The van der Waals surface area contributed by atoms with Gasteiger partial charge in [0.1, 0.15) is 0 Å². The van der Waals surface area contributed by atoms with Crippen molar-refractivity contribution in [3.05, 3.63) is 0 Å². The topological polar surface area (TPSA) is 66.6 Å². The van der Waals surface area contributed by atoms with Gasteiger partial charge >= 0.3 is 0 Å². The molecule has 1 amide bonds. The molecule has 0 aliphatic carbocycles. The van der Waals surface area contributed by atoms with Gasteiger partial charge in [0.2, 0.25) is 5.91 Å². The van der Waals surface area contributed by atoms with E-state index in [1.54, 1.807) is 0 Å². The number of piperidine rings is 1. The Morgan fingerprint density at radius 2 is 2.00 bits per heavy atom. The molecule has 3 N–H and O–H groups in total. The lowest BCUT2D eigenvalue weighted by molar-refractivity contribution is -0.138. The molecule has 92 valence electrons. The summed E-state index contributed by atoms with van der Waals surface area (Å²) in [5, 5.41) is 9.66. The molecule has 0 aromatic rings. The predicted octanol–water partition coefficient (Wildman–Crippen LogP) is 0.486. The summed E-state index contributed by atoms with van der Waals surface area (Å²) in [5.74, 6) is 0.496. The number of nitrogens with zero attached hydrogens (tertiary/aromatic N) is 1. The van der Waals surface area contributed by atoms with Gasteiger partial charge in [-0.3, -0.25) is 4.79 Å². The summed E-state index contributed by atoms with van der Waals surface area (Å²) in [6, 6.07) is 0.567.